The van der Waals surface area contributed by atoms with Gasteiger partial charge in [0, 0.05) is 0 Å². The molecule has 0 N–H and O–H groups in total. The number of hydrogen-bond donors (Lipinski definition) is 0. The largest absolute Gasteiger partial charge is 0.531 e. The number of phosphoric acid groups is 1. The third-order valence-corrected chi connectivity index (χ3v) is 4.65. The Hall–Kier alpha value is -0.350. The molecule has 0 atom stereocenters. The van der Waals surface area contributed by atoms with Crippen LogP contribution in [-0.4, -0.2) is 11.2 Å². The zero-order valence-corrected chi connectivity index (χ0v) is 16.2. The first kappa shape index (κ1) is 18.7. The zero-order chi connectivity index (χ0) is 16.5. The molecule has 1 aromatic rings. The lowest BCUT2D eigenvalue weighted by atomic mass is 10.2. The highest BCUT2D eigenvalue weighted by Gasteiger charge is 2.39. The van der Waals surface area contributed by atoms with Gasteiger partial charge in [0.15, 0.2) is 0 Å². The molecule has 0 saturated carbocycles. The number of benzene rings is 1. The van der Waals surface area contributed by atoms with Crippen LogP contribution in [0.1, 0.15) is 47.1 Å². The molecule has 0 saturated heterocycles. The summed E-state index contributed by atoms with van der Waals surface area (Å²) in [6.45, 7) is 12.8. The molecule has 0 radical (unpaired) electrons. The molecular weight excluding hydrogens is 355 g/mol. The van der Waals surface area contributed by atoms with Crippen LogP contribution in [0.15, 0.2) is 22.7 Å². The van der Waals surface area contributed by atoms with Crippen molar-refractivity contribution in [3.8, 4) is 5.75 Å². The highest BCUT2D eigenvalue weighted by molar-refractivity contribution is 9.10. The number of aryl methyl sites for hydroxylation is 1. The highest BCUT2D eigenvalue weighted by atomic mass is 79.9. The molecular formula is C15H24BrO4P. The van der Waals surface area contributed by atoms with E-state index in [1.807, 2.05) is 19.1 Å². The number of rotatable bonds is 4. The smallest absolute Gasteiger partial charge is 0.403 e. The molecule has 0 aliphatic carbocycles. The SMILES string of the molecule is Cc1ccc(OP(=O)(OC(C)(C)C)OC(C)(C)C)c(Br)c1. The summed E-state index contributed by atoms with van der Waals surface area (Å²) in [5, 5.41) is 0. The van der Waals surface area contributed by atoms with Gasteiger partial charge in [-0.2, -0.15) is 0 Å². The molecule has 0 unspecified atom stereocenters. The molecule has 0 spiro atoms. The average Bonchev–Trinajstić information content (AvgIpc) is 2.16. The second-order valence-electron chi connectivity index (χ2n) is 6.88. The number of phosphoric ester groups is 1. The molecule has 21 heavy (non-hydrogen) atoms. The van der Waals surface area contributed by atoms with Crippen LogP contribution in [0.3, 0.4) is 0 Å². The van der Waals surface area contributed by atoms with Crippen LogP contribution in [0.25, 0.3) is 0 Å². The summed E-state index contributed by atoms with van der Waals surface area (Å²) >= 11 is 3.40. The van der Waals surface area contributed by atoms with E-state index in [-0.39, 0.29) is 0 Å². The molecule has 0 aliphatic heterocycles. The van der Waals surface area contributed by atoms with E-state index in [0.717, 1.165) is 5.56 Å². The summed E-state index contributed by atoms with van der Waals surface area (Å²) in [7, 11) is -3.76. The summed E-state index contributed by atoms with van der Waals surface area (Å²) in [6.07, 6.45) is 0. The standard InChI is InChI=1S/C15H24BrO4P/c1-11-8-9-13(12(16)10-11)18-21(17,19-14(2,3)4)20-15(5,6)7/h8-10H,1-7H3. The molecule has 120 valence electrons. The van der Waals surface area contributed by atoms with Gasteiger partial charge in [-0.25, -0.2) is 4.57 Å². The third kappa shape index (κ3) is 6.96. The van der Waals surface area contributed by atoms with E-state index < -0.39 is 19.0 Å². The van der Waals surface area contributed by atoms with Crippen molar-refractivity contribution in [2.45, 2.75) is 59.7 Å². The normalized spacial score (nSPS) is 13.3. The van der Waals surface area contributed by atoms with E-state index in [4.69, 9.17) is 13.6 Å². The van der Waals surface area contributed by atoms with Gasteiger partial charge in [0.2, 0.25) is 0 Å². The lowest BCUT2D eigenvalue weighted by Crippen LogP contribution is -2.25. The monoisotopic (exact) mass is 378 g/mol. The molecule has 6 heteroatoms. The molecule has 1 aromatic carbocycles. The first-order valence-electron chi connectivity index (χ1n) is 6.77. The van der Waals surface area contributed by atoms with Crippen molar-refractivity contribution in [2.24, 2.45) is 0 Å². The fourth-order valence-corrected chi connectivity index (χ4v) is 4.08. The van der Waals surface area contributed by atoms with Gasteiger partial charge in [-0.15, -0.1) is 0 Å². The average molecular weight is 379 g/mol. The van der Waals surface area contributed by atoms with E-state index in [1.165, 1.54) is 0 Å². The van der Waals surface area contributed by atoms with E-state index in [0.29, 0.717) is 10.2 Å². The minimum atomic E-state index is -3.76. The quantitative estimate of drug-likeness (QED) is 0.614. The second kappa shape index (κ2) is 6.41. The summed E-state index contributed by atoms with van der Waals surface area (Å²) in [5.74, 6) is 0.428. The summed E-state index contributed by atoms with van der Waals surface area (Å²) in [4.78, 5) is 0. The Bertz CT molecular complexity index is 524. The molecule has 0 amide bonds. The first-order valence-corrected chi connectivity index (χ1v) is 9.02. The predicted octanol–water partition coefficient (Wildman–Crippen LogP) is 5.87. The maximum atomic E-state index is 13.0. The van der Waals surface area contributed by atoms with Crippen molar-refractivity contribution in [2.75, 3.05) is 0 Å². The summed E-state index contributed by atoms with van der Waals surface area (Å²) < 4.78 is 30.4. The zero-order valence-electron chi connectivity index (χ0n) is 13.7. The lowest BCUT2D eigenvalue weighted by molar-refractivity contribution is 0.0223. The van der Waals surface area contributed by atoms with Crippen molar-refractivity contribution < 1.29 is 18.1 Å². The number of hydrogen-bond acceptors (Lipinski definition) is 4. The van der Waals surface area contributed by atoms with Gasteiger partial charge in [-0.3, -0.25) is 9.05 Å². The van der Waals surface area contributed by atoms with Gasteiger partial charge in [0.1, 0.15) is 5.75 Å². The van der Waals surface area contributed by atoms with Crippen LogP contribution >= 0.6 is 23.8 Å². The van der Waals surface area contributed by atoms with Gasteiger partial charge < -0.3 is 4.52 Å². The molecule has 0 aromatic heterocycles. The minimum Gasteiger partial charge on any atom is -0.403 e. The van der Waals surface area contributed by atoms with Crippen LogP contribution in [-0.2, 0) is 13.6 Å². The number of halogens is 1. The van der Waals surface area contributed by atoms with Crippen molar-refractivity contribution in [1.29, 1.82) is 0 Å². The Balaban J connectivity index is 3.10. The topological polar surface area (TPSA) is 44.8 Å². The minimum absolute atomic E-state index is 0.428. The molecule has 0 heterocycles. The van der Waals surface area contributed by atoms with Crippen molar-refractivity contribution in [3.05, 3.63) is 28.2 Å². The van der Waals surface area contributed by atoms with Crippen molar-refractivity contribution >= 4 is 23.8 Å². The van der Waals surface area contributed by atoms with Crippen molar-refractivity contribution in [1.82, 2.24) is 0 Å². The highest BCUT2D eigenvalue weighted by Crippen LogP contribution is 2.56. The van der Waals surface area contributed by atoms with E-state index in [9.17, 15) is 4.57 Å². The van der Waals surface area contributed by atoms with Crippen LogP contribution in [0.2, 0.25) is 0 Å². The Labute approximate surface area is 135 Å². The van der Waals surface area contributed by atoms with Gasteiger partial charge in [-0.05, 0) is 82.1 Å². The molecule has 0 bridgehead atoms. The Morgan fingerprint density at radius 3 is 1.86 bits per heavy atom. The molecule has 1 rings (SSSR count). The van der Waals surface area contributed by atoms with Gasteiger partial charge in [0.05, 0.1) is 15.7 Å². The van der Waals surface area contributed by atoms with Gasteiger partial charge >= 0.3 is 7.82 Å². The van der Waals surface area contributed by atoms with Crippen LogP contribution in [0.5, 0.6) is 5.75 Å². The fraction of sp³-hybridized carbons (Fsp3) is 0.600. The third-order valence-electron chi connectivity index (χ3n) is 2.07. The molecule has 0 aliphatic rings. The van der Waals surface area contributed by atoms with E-state index >= 15 is 0 Å². The van der Waals surface area contributed by atoms with Crippen molar-refractivity contribution in [3.63, 3.8) is 0 Å². The first-order chi connectivity index (χ1) is 9.30. The summed E-state index contributed by atoms with van der Waals surface area (Å²) in [6, 6.07) is 5.50. The maximum absolute atomic E-state index is 13.0. The van der Waals surface area contributed by atoms with Crippen LogP contribution in [0.4, 0.5) is 0 Å². The van der Waals surface area contributed by atoms with Crippen LogP contribution < -0.4 is 4.52 Å². The fourth-order valence-electron chi connectivity index (χ4n) is 1.53. The van der Waals surface area contributed by atoms with Gasteiger partial charge in [0.25, 0.3) is 0 Å². The van der Waals surface area contributed by atoms with E-state index in [2.05, 4.69) is 15.9 Å². The Kier molecular flexibility index (Phi) is 5.71. The van der Waals surface area contributed by atoms with Gasteiger partial charge in [-0.1, -0.05) is 6.07 Å². The van der Waals surface area contributed by atoms with Crippen LogP contribution in [0, 0.1) is 6.92 Å². The lowest BCUT2D eigenvalue weighted by Gasteiger charge is -2.31. The predicted molar refractivity (Wildman–Crippen MR) is 88.8 cm³/mol. The maximum Gasteiger partial charge on any atom is 0.531 e. The second-order valence-corrected chi connectivity index (χ2v) is 9.18. The Morgan fingerprint density at radius 2 is 1.48 bits per heavy atom. The van der Waals surface area contributed by atoms with E-state index in [1.54, 1.807) is 47.6 Å². The molecule has 4 nitrogen and oxygen atoms in total. The summed E-state index contributed by atoms with van der Waals surface area (Å²) in [5.41, 5.74) is -0.242. The molecule has 0 fully saturated rings. The Morgan fingerprint density at radius 1 is 1.00 bits per heavy atom.